The zero-order valence-electron chi connectivity index (χ0n) is 15.6. The monoisotopic (exact) mass is 362 g/mol. The zero-order chi connectivity index (χ0) is 19.0. The van der Waals surface area contributed by atoms with Crippen LogP contribution >= 0.6 is 0 Å². The predicted molar refractivity (Wildman–Crippen MR) is 104 cm³/mol. The van der Waals surface area contributed by atoms with Crippen molar-refractivity contribution in [2.24, 2.45) is 7.05 Å². The molecule has 1 aromatic carbocycles. The third kappa shape index (κ3) is 3.23. The summed E-state index contributed by atoms with van der Waals surface area (Å²) in [4.78, 5) is 36.2. The molecule has 0 radical (unpaired) electrons. The SMILES string of the molecule is Cc1ccc2c(c1)c(=O)c(C(=O)N1CCCC(c3ccncn3)C1)cn2C. The van der Waals surface area contributed by atoms with E-state index < -0.39 is 0 Å². The van der Waals surface area contributed by atoms with Gasteiger partial charge in [0.15, 0.2) is 0 Å². The van der Waals surface area contributed by atoms with Gasteiger partial charge in [0, 0.05) is 49.5 Å². The van der Waals surface area contributed by atoms with E-state index in [0.717, 1.165) is 29.6 Å². The first kappa shape index (κ1) is 17.4. The highest BCUT2D eigenvalue weighted by atomic mass is 16.2. The number of hydrogen-bond donors (Lipinski definition) is 0. The van der Waals surface area contributed by atoms with Gasteiger partial charge in [-0.1, -0.05) is 11.6 Å². The van der Waals surface area contributed by atoms with E-state index in [1.54, 1.807) is 17.3 Å². The number of aryl methyl sites for hydroxylation is 2. The Morgan fingerprint density at radius 3 is 2.89 bits per heavy atom. The summed E-state index contributed by atoms with van der Waals surface area (Å²) in [7, 11) is 1.87. The van der Waals surface area contributed by atoms with Crippen molar-refractivity contribution in [3.05, 3.63) is 70.0 Å². The molecule has 1 atom stereocenters. The second kappa shape index (κ2) is 6.95. The van der Waals surface area contributed by atoms with E-state index in [4.69, 9.17) is 0 Å². The van der Waals surface area contributed by atoms with E-state index in [0.29, 0.717) is 18.5 Å². The van der Waals surface area contributed by atoms with Gasteiger partial charge < -0.3 is 9.47 Å². The van der Waals surface area contributed by atoms with Gasteiger partial charge in [0.1, 0.15) is 11.9 Å². The van der Waals surface area contributed by atoms with Gasteiger partial charge in [-0.3, -0.25) is 9.59 Å². The Hall–Kier alpha value is -3.02. The Balaban J connectivity index is 1.68. The number of carbonyl (C=O) groups excluding carboxylic acids is 1. The highest BCUT2D eigenvalue weighted by molar-refractivity contribution is 5.97. The Morgan fingerprint density at radius 1 is 1.26 bits per heavy atom. The molecule has 1 amide bonds. The number of pyridine rings is 1. The molecule has 4 rings (SSSR count). The number of piperidine rings is 1. The van der Waals surface area contributed by atoms with E-state index in [1.807, 2.05) is 42.8 Å². The van der Waals surface area contributed by atoms with Crippen LogP contribution in [0.5, 0.6) is 0 Å². The summed E-state index contributed by atoms with van der Waals surface area (Å²) in [5.74, 6) is -0.0185. The van der Waals surface area contributed by atoms with Gasteiger partial charge in [-0.05, 0) is 38.0 Å². The van der Waals surface area contributed by atoms with Crippen molar-refractivity contribution >= 4 is 16.8 Å². The summed E-state index contributed by atoms with van der Waals surface area (Å²) in [6.45, 7) is 3.19. The minimum atomic E-state index is -0.197. The normalized spacial score (nSPS) is 17.3. The molecule has 1 fully saturated rings. The number of aromatic nitrogens is 3. The molecule has 1 aliphatic rings. The number of carbonyl (C=O) groups is 1. The molecule has 0 bridgehead atoms. The van der Waals surface area contributed by atoms with Crippen molar-refractivity contribution in [1.29, 1.82) is 0 Å². The maximum Gasteiger partial charge on any atom is 0.259 e. The van der Waals surface area contributed by atoms with Crippen LogP contribution in [0.2, 0.25) is 0 Å². The molecule has 0 N–H and O–H groups in total. The van der Waals surface area contributed by atoms with Gasteiger partial charge in [0.05, 0.1) is 5.52 Å². The average Bonchev–Trinajstić information content (AvgIpc) is 2.71. The molecule has 1 unspecified atom stereocenters. The standard InChI is InChI=1S/C21H22N4O2/c1-14-5-6-19-16(10-14)20(26)17(12-24(19)2)21(27)25-9-3-4-15(11-25)18-7-8-22-13-23-18/h5-8,10,12-13,15H,3-4,9,11H2,1-2H3. The smallest absolute Gasteiger partial charge is 0.259 e. The zero-order valence-corrected chi connectivity index (χ0v) is 15.6. The minimum Gasteiger partial charge on any atom is -0.350 e. The first-order valence-corrected chi connectivity index (χ1v) is 9.20. The van der Waals surface area contributed by atoms with E-state index in [2.05, 4.69) is 9.97 Å². The van der Waals surface area contributed by atoms with Crippen molar-refractivity contribution in [1.82, 2.24) is 19.4 Å². The number of rotatable bonds is 2. The van der Waals surface area contributed by atoms with Crippen LogP contribution in [-0.4, -0.2) is 38.4 Å². The quantitative estimate of drug-likeness (QED) is 0.703. The van der Waals surface area contributed by atoms with E-state index >= 15 is 0 Å². The molecule has 3 aromatic rings. The van der Waals surface area contributed by atoms with Gasteiger partial charge in [0.25, 0.3) is 5.91 Å². The lowest BCUT2D eigenvalue weighted by molar-refractivity contribution is 0.0704. The van der Waals surface area contributed by atoms with Crippen LogP contribution in [0.4, 0.5) is 0 Å². The van der Waals surface area contributed by atoms with Crippen LogP contribution in [0.25, 0.3) is 10.9 Å². The Morgan fingerprint density at radius 2 is 2.11 bits per heavy atom. The Labute approximate surface area is 157 Å². The van der Waals surface area contributed by atoms with Crippen LogP contribution < -0.4 is 5.43 Å². The van der Waals surface area contributed by atoms with Crippen LogP contribution in [-0.2, 0) is 7.05 Å². The maximum absolute atomic E-state index is 13.2. The van der Waals surface area contributed by atoms with Crippen LogP contribution in [0, 0.1) is 6.92 Å². The Kier molecular flexibility index (Phi) is 4.48. The Bertz CT molecular complexity index is 1060. The second-order valence-electron chi connectivity index (χ2n) is 7.23. The average molecular weight is 362 g/mol. The lowest BCUT2D eigenvalue weighted by Gasteiger charge is -2.32. The third-order valence-corrected chi connectivity index (χ3v) is 5.31. The van der Waals surface area contributed by atoms with Gasteiger partial charge in [-0.15, -0.1) is 0 Å². The van der Waals surface area contributed by atoms with E-state index in [-0.39, 0.29) is 22.8 Å². The number of nitrogens with zero attached hydrogens (tertiary/aromatic N) is 4. The van der Waals surface area contributed by atoms with Crippen molar-refractivity contribution in [2.75, 3.05) is 13.1 Å². The molecule has 6 heteroatoms. The van der Waals surface area contributed by atoms with Crippen molar-refractivity contribution in [3.63, 3.8) is 0 Å². The van der Waals surface area contributed by atoms with Crippen molar-refractivity contribution in [2.45, 2.75) is 25.7 Å². The van der Waals surface area contributed by atoms with Gasteiger partial charge in [0.2, 0.25) is 5.43 Å². The summed E-state index contributed by atoms with van der Waals surface area (Å²) in [6, 6.07) is 7.65. The second-order valence-corrected chi connectivity index (χ2v) is 7.23. The third-order valence-electron chi connectivity index (χ3n) is 5.31. The number of fused-ring (bicyclic) bond motifs is 1. The molecule has 0 saturated carbocycles. The summed E-state index contributed by atoms with van der Waals surface area (Å²) in [5, 5.41) is 0.590. The largest absolute Gasteiger partial charge is 0.350 e. The molecule has 2 aromatic heterocycles. The number of likely N-dealkylation sites (tertiary alicyclic amines) is 1. The fourth-order valence-corrected chi connectivity index (χ4v) is 3.87. The lowest BCUT2D eigenvalue weighted by Crippen LogP contribution is -2.41. The molecule has 0 spiro atoms. The lowest BCUT2D eigenvalue weighted by atomic mass is 9.94. The molecule has 6 nitrogen and oxygen atoms in total. The number of amides is 1. The number of hydrogen-bond acceptors (Lipinski definition) is 4. The van der Waals surface area contributed by atoms with Crippen molar-refractivity contribution in [3.8, 4) is 0 Å². The molecule has 1 aliphatic heterocycles. The molecule has 3 heterocycles. The molecule has 138 valence electrons. The topological polar surface area (TPSA) is 68.1 Å². The van der Waals surface area contributed by atoms with Gasteiger partial charge in [-0.25, -0.2) is 9.97 Å². The molecule has 27 heavy (non-hydrogen) atoms. The fraction of sp³-hybridized carbons (Fsp3) is 0.333. The van der Waals surface area contributed by atoms with Crippen LogP contribution in [0.1, 0.15) is 40.4 Å². The van der Waals surface area contributed by atoms with Gasteiger partial charge >= 0.3 is 0 Å². The summed E-state index contributed by atoms with van der Waals surface area (Å²) >= 11 is 0. The first-order chi connectivity index (χ1) is 13.0. The summed E-state index contributed by atoms with van der Waals surface area (Å²) in [6.07, 6.45) is 6.81. The van der Waals surface area contributed by atoms with Crippen molar-refractivity contribution < 1.29 is 4.79 Å². The fourth-order valence-electron chi connectivity index (χ4n) is 3.87. The highest BCUT2D eigenvalue weighted by Gasteiger charge is 2.28. The van der Waals surface area contributed by atoms with Crippen LogP contribution in [0.15, 0.2) is 47.8 Å². The van der Waals surface area contributed by atoms with Crippen LogP contribution in [0.3, 0.4) is 0 Å². The van der Waals surface area contributed by atoms with Gasteiger partial charge in [-0.2, -0.15) is 0 Å². The van der Waals surface area contributed by atoms with E-state index in [1.165, 1.54) is 6.33 Å². The van der Waals surface area contributed by atoms with E-state index in [9.17, 15) is 9.59 Å². The molecular weight excluding hydrogens is 340 g/mol. The minimum absolute atomic E-state index is 0.178. The molecule has 0 aliphatic carbocycles. The highest BCUT2D eigenvalue weighted by Crippen LogP contribution is 2.26. The summed E-state index contributed by atoms with van der Waals surface area (Å²) in [5.41, 5.74) is 2.83. The number of benzene rings is 1. The molecule has 1 saturated heterocycles. The predicted octanol–water partition coefficient (Wildman–Crippen LogP) is 2.66. The maximum atomic E-state index is 13.2. The first-order valence-electron chi connectivity index (χ1n) is 9.20. The summed E-state index contributed by atoms with van der Waals surface area (Å²) < 4.78 is 1.86. The molecular formula is C21H22N4O2.